The van der Waals surface area contributed by atoms with Gasteiger partial charge in [0.2, 0.25) is 0 Å². The van der Waals surface area contributed by atoms with Gasteiger partial charge in [-0.2, -0.15) is 0 Å². The first-order valence-electron chi connectivity index (χ1n) is 15.1. The molecule has 0 aliphatic rings. The van der Waals surface area contributed by atoms with Crippen LogP contribution in [0.5, 0.6) is 0 Å². The second-order valence-corrected chi connectivity index (χ2v) is 11.3. The summed E-state index contributed by atoms with van der Waals surface area (Å²) in [6, 6.07) is 55.0. The van der Waals surface area contributed by atoms with Gasteiger partial charge in [0.25, 0.3) is 0 Å². The molecule has 3 aromatic heterocycles. The maximum Gasteiger partial charge on any atom is 0.166 e. The van der Waals surface area contributed by atoms with Crippen molar-refractivity contribution in [3.05, 3.63) is 158 Å². The molecule has 210 valence electrons. The van der Waals surface area contributed by atoms with Gasteiger partial charge in [-0.15, -0.1) is 0 Å². The normalized spacial score (nSPS) is 11.6. The minimum absolute atomic E-state index is 0.651. The number of rotatable bonds is 4. The minimum Gasteiger partial charge on any atom is -0.308 e. The van der Waals surface area contributed by atoms with Crippen LogP contribution in [0.4, 0.5) is 0 Å². The molecule has 45 heavy (non-hydrogen) atoms. The molecule has 4 heteroatoms. The van der Waals surface area contributed by atoms with Crippen molar-refractivity contribution in [3.63, 3.8) is 0 Å². The van der Waals surface area contributed by atoms with Gasteiger partial charge < -0.3 is 4.40 Å². The fourth-order valence-electron chi connectivity index (χ4n) is 6.57. The van der Waals surface area contributed by atoms with E-state index in [-0.39, 0.29) is 0 Å². The predicted molar refractivity (Wildman–Crippen MR) is 185 cm³/mol. The van der Waals surface area contributed by atoms with Crippen molar-refractivity contribution < 1.29 is 0 Å². The number of pyridine rings is 1. The molecule has 0 fully saturated rings. The van der Waals surface area contributed by atoms with Crippen molar-refractivity contribution in [1.29, 1.82) is 0 Å². The van der Waals surface area contributed by atoms with Gasteiger partial charge in [-0.25, -0.2) is 15.0 Å². The van der Waals surface area contributed by atoms with Crippen LogP contribution in [0.15, 0.2) is 158 Å². The monoisotopic (exact) mass is 574 g/mol. The van der Waals surface area contributed by atoms with Crippen molar-refractivity contribution in [3.8, 4) is 45.3 Å². The van der Waals surface area contributed by atoms with E-state index in [1.165, 1.54) is 16.3 Å². The number of hydrogen-bond acceptors (Lipinski definition) is 3. The second kappa shape index (κ2) is 10.2. The van der Waals surface area contributed by atoms with Crippen LogP contribution in [0.3, 0.4) is 0 Å². The van der Waals surface area contributed by atoms with Gasteiger partial charge >= 0.3 is 0 Å². The SMILES string of the molecule is c1ccc(-c2ccc3c(-c4nc(-c5ccccc5)nc(-c5ccccc5)n4)c4c5ccccc5c5ccccc5n4c3c2)cc1. The molecule has 0 aliphatic carbocycles. The minimum atomic E-state index is 0.651. The molecule has 0 radical (unpaired) electrons. The Bertz CT molecular complexity index is 2460. The van der Waals surface area contributed by atoms with Gasteiger partial charge in [-0.3, -0.25) is 0 Å². The van der Waals surface area contributed by atoms with Crippen molar-refractivity contribution in [1.82, 2.24) is 19.4 Å². The van der Waals surface area contributed by atoms with Crippen LogP contribution in [0.25, 0.3) is 83.4 Å². The van der Waals surface area contributed by atoms with Gasteiger partial charge in [-0.05, 0) is 28.6 Å². The zero-order valence-corrected chi connectivity index (χ0v) is 24.3. The van der Waals surface area contributed by atoms with E-state index in [2.05, 4.69) is 126 Å². The number of fused-ring (bicyclic) bond motifs is 8. The number of para-hydroxylation sites is 1. The summed E-state index contributed by atoms with van der Waals surface area (Å²) >= 11 is 0. The Labute approximate surface area is 259 Å². The number of benzene rings is 6. The van der Waals surface area contributed by atoms with Crippen LogP contribution in [-0.2, 0) is 0 Å². The predicted octanol–water partition coefficient (Wildman–Crippen LogP) is 10.3. The molecule has 0 amide bonds. The van der Waals surface area contributed by atoms with E-state index < -0.39 is 0 Å². The Morgan fingerprint density at radius 1 is 0.333 bits per heavy atom. The Hall–Kier alpha value is -6.13. The van der Waals surface area contributed by atoms with Crippen LogP contribution >= 0.6 is 0 Å². The fourth-order valence-corrected chi connectivity index (χ4v) is 6.57. The average molecular weight is 575 g/mol. The van der Waals surface area contributed by atoms with Crippen LogP contribution < -0.4 is 0 Å². The van der Waals surface area contributed by atoms with Crippen molar-refractivity contribution in [2.24, 2.45) is 0 Å². The third-order valence-corrected chi connectivity index (χ3v) is 8.62. The van der Waals surface area contributed by atoms with Crippen molar-refractivity contribution in [2.75, 3.05) is 0 Å². The maximum atomic E-state index is 5.20. The molecule has 0 spiro atoms. The highest BCUT2D eigenvalue weighted by atomic mass is 15.0. The van der Waals surface area contributed by atoms with E-state index in [1.807, 2.05) is 36.4 Å². The van der Waals surface area contributed by atoms with Crippen LogP contribution in [0.1, 0.15) is 0 Å². The first-order chi connectivity index (χ1) is 22.3. The zero-order valence-electron chi connectivity index (χ0n) is 24.3. The fraction of sp³-hybridized carbons (Fsp3) is 0. The van der Waals surface area contributed by atoms with E-state index >= 15 is 0 Å². The smallest absolute Gasteiger partial charge is 0.166 e. The lowest BCUT2D eigenvalue weighted by molar-refractivity contribution is 1.08. The molecule has 3 heterocycles. The highest BCUT2D eigenvalue weighted by molar-refractivity contribution is 6.21. The van der Waals surface area contributed by atoms with Gasteiger partial charge in [0, 0.05) is 27.3 Å². The summed E-state index contributed by atoms with van der Waals surface area (Å²) in [6.07, 6.45) is 0. The molecule has 0 aliphatic heterocycles. The average Bonchev–Trinajstić information content (AvgIpc) is 3.48. The van der Waals surface area contributed by atoms with Crippen molar-refractivity contribution >= 4 is 38.1 Å². The summed E-state index contributed by atoms with van der Waals surface area (Å²) in [7, 11) is 0. The molecule has 0 saturated carbocycles. The van der Waals surface area contributed by atoms with Crippen molar-refractivity contribution in [2.45, 2.75) is 0 Å². The molecular weight excluding hydrogens is 548 g/mol. The Morgan fingerprint density at radius 2 is 0.844 bits per heavy atom. The maximum absolute atomic E-state index is 5.20. The highest BCUT2D eigenvalue weighted by Gasteiger charge is 2.23. The van der Waals surface area contributed by atoms with Crippen LogP contribution in [0, 0.1) is 0 Å². The molecule has 0 atom stereocenters. The van der Waals surface area contributed by atoms with Crippen LogP contribution in [-0.4, -0.2) is 19.4 Å². The summed E-state index contributed by atoms with van der Waals surface area (Å²) in [5.41, 5.74) is 8.60. The summed E-state index contributed by atoms with van der Waals surface area (Å²) in [6.45, 7) is 0. The molecule has 9 aromatic rings. The first-order valence-corrected chi connectivity index (χ1v) is 15.1. The standard InChI is InChI=1S/C41H26N4/c1-4-14-27(15-5-1)30-24-25-34-36(26-30)45-35-23-13-12-21-32(35)31-20-10-11-22-33(31)38(45)37(34)41-43-39(28-16-6-2-7-17-28)42-40(44-41)29-18-8-3-9-19-29/h1-26H. The lowest BCUT2D eigenvalue weighted by atomic mass is 10.0. The summed E-state index contributed by atoms with van der Waals surface area (Å²) in [5, 5.41) is 4.67. The zero-order chi connectivity index (χ0) is 29.7. The van der Waals surface area contributed by atoms with Crippen LogP contribution in [0.2, 0.25) is 0 Å². The molecule has 0 unspecified atom stereocenters. The van der Waals surface area contributed by atoms with E-state index in [1.54, 1.807) is 0 Å². The van der Waals surface area contributed by atoms with E-state index in [4.69, 9.17) is 15.0 Å². The van der Waals surface area contributed by atoms with E-state index in [0.29, 0.717) is 17.5 Å². The lowest BCUT2D eigenvalue weighted by Crippen LogP contribution is -2.00. The Balaban J connectivity index is 1.46. The molecule has 0 saturated heterocycles. The molecule has 0 bridgehead atoms. The van der Waals surface area contributed by atoms with Gasteiger partial charge in [0.15, 0.2) is 17.5 Å². The highest BCUT2D eigenvalue weighted by Crippen LogP contribution is 2.43. The second-order valence-electron chi connectivity index (χ2n) is 11.3. The number of nitrogens with zero attached hydrogens (tertiary/aromatic N) is 4. The largest absolute Gasteiger partial charge is 0.308 e. The number of hydrogen-bond donors (Lipinski definition) is 0. The topological polar surface area (TPSA) is 43.1 Å². The van der Waals surface area contributed by atoms with Gasteiger partial charge in [0.05, 0.1) is 22.1 Å². The third-order valence-electron chi connectivity index (χ3n) is 8.62. The molecule has 6 aromatic carbocycles. The Kier molecular flexibility index (Phi) is 5.78. The van der Waals surface area contributed by atoms with E-state index in [9.17, 15) is 0 Å². The van der Waals surface area contributed by atoms with Gasteiger partial charge in [0.1, 0.15) is 0 Å². The summed E-state index contributed by atoms with van der Waals surface area (Å²) < 4.78 is 2.41. The molecule has 9 rings (SSSR count). The Morgan fingerprint density at radius 3 is 1.49 bits per heavy atom. The first kappa shape index (κ1) is 25.4. The lowest BCUT2D eigenvalue weighted by Gasteiger charge is -2.12. The van der Waals surface area contributed by atoms with Gasteiger partial charge in [-0.1, -0.05) is 146 Å². The number of aromatic nitrogens is 4. The van der Waals surface area contributed by atoms with E-state index in [0.717, 1.165) is 49.6 Å². The summed E-state index contributed by atoms with van der Waals surface area (Å²) in [4.78, 5) is 15.4. The molecule has 0 N–H and O–H groups in total. The summed E-state index contributed by atoms with van der Waals surface area (Å²) in [5.74, 6) is 1.96. The molecule has 4 nitrogen and oxygen atoms in total. The molecular formula is C41H26N4. The third kappa shape index (κ3) is 4.11. The quantitative estimate of drug-likeness (QED) is 0.196.